The van der Waals surface area contributed by atoms with Crippen LogP contribution in [0.2, 0.25) is 0 Å². The smallest absolute Gasteiger partial charge is 0.228 e. The minimum Gasteiger partial charge on any atom is -0.338 e. The van der Waals surface area contributed by atoms with E-state index < -0.39 is 0 Å². The van der Waals surface area contributed by atoms with Gasteiger partial charge in [-0.2, -0.15) is 0 Å². The molecule has 3 amide bonds. The van der Waals surface area contributed by atoms with Gasteiger partial charge in [-0.25, -0.2) is 0 Å². The summed E-state index contributed by atoms with van der Waals surface area (Å²) in [5.41, 5.74) is 3.73. The van der Waals surface area contributed by atoms with Crippen molar-refractivity contribution in [3.05, 3.63) is 59.7 Å². The van der Waals surface area contributed by atoms with E-state index in [9.17, 15) is 14.4 Å². The molecule has 28 heavy (non-hydrogen) atoms. The van der Waals surface area contributed by atoms with Gasteiger partial charge in [-0.3, -0.25) is 14.4 Å². The second-order valence-corrected chi connectivity index (χ2v) is 7.48. The maximum Gasteiger partial charge on any atom is 0.228 e. The van der Waals surface area contributed by atoms with E-state index in [1.54, 1.807) is 24.3 Å². The normalized spacial score (nSPS) is 20.1. The lowest BCUT2D eigenvalue weighted by Crippen LogP contribution is -2.37. The van der Waals surface area contributed by atoms with Gasteiger partial charge in [0, 0.05) is 31.4 Å². The van der Waals surface area contributed by atoms with Crippen LogP contribution >= 0.6 is 0 Å². The van der Waals surface area contributed by atoms with Crippen LogP contribution in [0.3, 0.4) is 0 Å². The Labute approximate surface area is 163 Å². The highest BCUT2D eigenvalue weighted by Crippen LogP contribution is 2.41. The Hall–Kier alpha value is -3.15. The average molecular weight is 377 g/mol. The minimum atomic E-state index is -0.283. The van der Waals surface area contributed by atoms with Crippen LogP contribution in [-0.4, -0.2) is 29.2 Å². The Balaban J connectivity index is 1.34. The molecule has 144 valence electrons. The molecule has 1 fully saturated rings. The fourth-order valence-corrected chi connectivity index (χ4v) is 3.79. The zero-order chi connectivity index (χ0) is 19.7. The van der Waals surface area contributed by atoms with Gasteiger partial charge in [-0.05, 0) is 42.2 Å². The van der Waals surface area contributed by atoms with Crippen molar-refractivity contribution < 1.29 is 14.4 Å². The molecule has 0 aromatic heterocycles. The molecule has 6 nitrogen and oxygen atoms in total. The number of rotatable bonds is 4. The third-order valence-electron chi connectivity index (χ3n) is 5.34. The lowest BCUT2D eigenvalue weighted by atomic mass is 9.99. The van der Waals surface area contributed by atoms with E-state index in [1.165, 1.54) is 18.1 Å². The van der Waals surface area contributed by atoms with Crippen molar-refractivity contribution >= 4 is 29.1 Å². The summed E-state index contributed by atoms with van der Waals surface area (Å²) in [6.07, 6.45) is 1.45. The standard InChI is InChI=1S/C22H23N3O3/c1-14(26)23-17-7-4-8-18(11-17)24-21(27)19-12-20(19)22(28)25-10-9-15-5-2-3-6-16(15)13-25/h2-8,11,19-20H,9-10,12-13H2,1H3,(H,23,26)(H,24,27). The molecule has 0 saturated heterocycles. The zero-order valence-corrected chi connectivity index (χ0v) is 15.8. The number of anilines is 2. The van der Waals surface area contributed by atoms with Gasteiger partial charge in [0.1, 0.15) is 0 Å². The van der Waals surface area contributed by atoms with E-state index in [2.05, 4.69) is 22.8 Å². The minimum absolute atomic E-state index is 0.0710. The van der Waals surface area contributed by atoms with Crippen molar-refractivity contribution in [3.63, 3.8) is 0 Å². The SMILES string of the molecule is CC(=O)Nc1cccc(NC(=O)C2CC2C(=O)N2CCc3ccccc3C2)c1. The molecule has 2 atom stereocenters. The maximum atomic E-state index is 12.8. The maximum absolute atomic E-state index is 12.8. The molecule has 2 aromatic rings. The van der Waals surface area contributed by atoms with Crippen molar-refractivity contribution in [2.45, 2.75) is 26.3 Å². The Morgan fingerprint density at radius 3 is 2.39 bits per heavy atom. The summed E-state index contributed by atoms with van der Waals surface area (Å²) in [6.45, 7) is 2.77. The predicted octanol–water partition coefficient (Wildman–Crippen LogP) is 2.80. The summed E-state index contributed by atoms with van der Waals surface area (Å²) in [5, 5.41) is 5.55. The summed E-state index contributed by atoms with van der Waals surface area (Å²) < 4.78 is 0. The first-order valence-electron chi connectivity index (χ1n) is 9.55. The molecule has 4 rings (SSSR count). The molecule has 1 aliphatic carbocycles. The van der Waals surface area contributed by atoms with Crippen LogP contribution in [-0.2, 0) is 27.3 Å². The fourth-order valence-electron chi connectivity index (χ4n) is 3.79. The summed E-state index contributed by atoms with van der Waals surface area (Å²) in [4.78, 5) is 38.4. The van der Waals surface area contributed by atoms with E-state index >= 15 is 0 Å². The van der Waals surface area contributed by atoms with Gasteiger partial charge in [-0.15, -0.1) is 0 Å². The lowest BCUT2D eigenvalue weighted by Gasteiger charge is -2.29. The second kappa shape index (κ2) is 7.46. The molecule has 0 spiro atoms. The molecule has 2 N–H and O–H groups in total. The number of hydrogen-bond acceptors (Lipinski definition) is 3. The molecule has 0 bridgehead atoms. The van der Waals surface area contributed by atoms with E-state index in [0.717, 1.165) is 6.42 Å². The predicted molar refractivity (Wildman–Crippen MR) is 107 cm³/mol. The summed E-state index contributed by atoms with van der Waals surface area (Å²) in [5.74, 6) is -0.755. The Morgan fingerprint density at radius 1 is 0.929 bits per heavy atom. The third-order valence-corrected chi connectivity index (χ3v) is 5.34. The van der Waals surface area contributed by atoms with Gasteiger partial charge < -0.3 is 15.5 Å². The number of benzene rings is 2. The number of amides is 3. The highest BCUT2D eigenvalue weighted by atomic mass is 16.2. The zero-order valence-electron chi connectivity index (χ0n) is 15.8. The van der Waals surface area contributed by atoms with Crippen LogP contribution in [0.25, 0.3) is 0 Å². The number of nitrogens with one attached hydrogen (secondary N) is 2. The van der Waals surface area contributed by atoms with Crippen LogP contribution in [0.4, 0.5) is 11.4 Å². The lowest BCUT2D eigenvalue weighted by molar-refractivity contribution is -0.135. The van der Waals surface area contributed by atoms with Crippen LogP contribution in [0.15, 0.2) is 48.5 Å². The number of fused-ring (bicyclic) bond motifs is 1. The van der Waals surface area contributed by atoms with E-state index in [1.807, 2.05) is 17.0 Å². The number of nitrogens with zero attached hydrogens (tertiary/aromatic N) is 1. The first-order valence-corrected chi connectivity index (χ1v) is 9.55. The largest absolute Gasteiger partial charge is 0.338 e. The van der Waals surface area contributed by atoms with Gasteiger partial charge in [0.25, 0.3) is 0 Å². The first kappa shape index (κ1) is 18.2. The van der Waals surface area contributed by atoms with Gasteiger partial charge in [0.05, 0.1) is 11.8 Å². The van der Waals surface area contributed by atoms with E-state index in [0.29, 0.717) is 30.9 Å². The van der Waals surface area contributed by atoms with Gasteiger partial charge in [-0.1, -0.05) is 30.3 Å². The van der Waals surface area contributed by atoms with Crippen molar-refractivity contribution in [1.82, 2.24) is 4.90 Å². The monoisotopic (exact) mass is 377 g/mol. The Morgan fingerprint density at radius 2 is 1.64 bits per heavy atom. The number of hydrogen-bond donors (Lipinski definition) is 2. The van der Waals surface area contributed by atoms with E-state index in [4.69, 9.17) is 0 Å². The highest BCUT2D eigenvalue weighted by Gasteiger charge is 2.49. The Kier molecular flexibility index (Phi) is 4.86. The van der Waals surface area contributed by atoms with Crippen LogP contribution in [0.5, 0.6) is 0 Å². The Bertz CT molecular complexity index is 940. The molecular weight excluding hydrogens is 354 g/mol. The van der Waals surface area contributed by atoms with Crippen LogP contribution in [0, 0.1) is 11.8 Å². The first-order chi connectivity index (χ1) is 13.5. The van der Waals surface area contributed by atoms with Gasteiger partial charge in [0.2, 0.25) is 17.7 Å². The molecule has 1 aliphatic heterocycles. The van der Waals surface area contributed by atoms with Crippen molar-refractivity contribution in [1.29, 1.82) is 0 Å². The van der Waals surface area contributed by atoms with Gasteiger partial charge in [0.15, 0.2) is 0 Å². The summed E-state index contributed by atoms with van der Waals surface area (Å²) >= 11 is 0. The highest BCUT2D eigenvalue weighted by molar-refractivity contribution is 6.00. The van der Waals surface area contributed by atoms with E-state index in [-0.39, 0.29) is 29.6 Å². The van der Waals surface area contributed by atoms with Crippen LogP contribution < -0.4 is 10.6 Å². The molecule has 1 heterocycles. The molecule has 2 aliphatic rings. The molecule has 1 saturated carbocycles. The molecule has 0 radical (unpaired) electrons. The van der Waals surface area contributed by atoms with Crippen molar-refractivity contribution in [3.8, 4) is 0 Å². The second-order valence-electron chi connectivity index (χ2n) is 7.48. The summed E-state index contributed by atoms with van der Waals surface area (Å²) in [7, 11) is 0. The van der Waals surface area contributed by atoms with Gasteiger partial charge >= 0.3 is 0 Å². The topological polar surface area (TPSA) is 78.5 Å². The molecule has 2 aromatic carbocycles. The molecule has 6 heteroatoms. The summed E-state index contributed by atoms with van der Waals surface area (Å²) in [6, 6.07) is 15.2. The van der Waals surface area contributed by atoms with Crippen molar-refractivity contribution in [2.75, 3.05) is 17.2 Å². The number of carbonyl (C=O) groups excluding carboxylic acids is 3. The number of carbonyl (C=O) groups is 3. The van der Waals surface area contributed by atoms with Crippen LogP contribution in [0.1, 0.15) is 24.5 Å². The molecule has 2 unspecified atom stereocenters. The van der Waals surface area contributed by atoms with Crippen molar-refractivity contribution in [2.24, 2.45) is 11.8 Å². The quantitative estimate of drug-likeness (QED) is 0.860. The fraction of sp³-hybridized carbons (Fsp3) is 0.318. The molecular formula is C22H23N3O3. The average Bonchev–Trinajstić information content (AvgIpc) is 3.48. The third kappa shape index (κ3) is 3.91.